The van der Waals surface area contributed by atoms with Crippen molar-refractivity contribution in [3.63, 3.8) is 0 Å². The van der Waals surface area contributed by atoms with E-state index in [9.17, 15) is 0 Å². The van der Waals surface area contributed by atoms with E-state index >= 15 is 0 Å². The van der Waals surface area contributed by atoms with Gasteiger partial charge in [-0.1, -0.05) is 36.7 Å². The Kier molecular flexibility index (Phi) is 2.14. The number of fused-ring (bicyclic) bond motifs is 1. The van der Waals surface area contributed by atoms with E-state index in [0.717, 1.165) is 21.3 Å². The number of hydrogen-bond donors (Lipinski definition) is 1. The lowest BCUT2D eigenvalue weighted by Gasteiger charge is -2.13. The fourth-order valence-electron chi connectivity index (χ4n) is 1.33. The molecule has 2 aromatic rings. The standard InChI is InChI=1S/C11H13BrN2/c1-11(2,3)10-13-8-5-4-7(12)6-9(8)14-10/h4-6H,1-3H3,(H,13,14). The minimum absolute atomic E-state index is 0.0749. The Balaban J connectivity index is 2.63. The molecule has 1 aromatic carbocycles. The molecule has 0 saturated carbocycles. The molecule has 0 aliphatic rings. The number of rotatable bonds is 0. The monoisotopic (exact) mass is 252 g/mol. The largest absolute Gasteiger partial charge is 0.342 e. The molecule has 0 radical (unpaired) electrons. The van der Waals surface area contributed by atoms with E-state index in [4.69, 9.17) is 0 Å². The van der Waals surface area contributed by atoms with Gasteiger partial charge in [0, 0.05) is 9.89 Å². The van der Waals surface area contributed by atoms with Crippen LogP contribution in [0.5, 0.6) is 0 Å². The molecule has 2 nitrogen and oxygen atoms in total. The summed E-state index contributed by atoms with van der Waals surface area (Å²) in [7, 11) is 0. The Morgan fingerprint density at radius 2 is 2.00 bits per heavy atom. The normalized spacial score (nSPS) is 12.3. The van der Waals surface area contributed by atoms with Crippen molar-refractivity contribution < 1.29 is 0 Å². The molecular formula is C11H13BrN2. The van der Waals surface area contributed by atoms with Gasteiger partial charge in [-0.2, -0.15) is 0 Å². The second-order valence-electron chi connectivity index (χ2n) is 4.50. The van der Waals surface area contributed by atoms with Crippen LogP contribution < -0.4 is 0 Å². The van der Waals surface area contributed by atoms with E-state index in [1.807, 2.05) is 18.2 Å². The summed E-state index contributed by atoms with van der Waals surface area (Å²) in [6.07, 6.45) is 0. The van der Waals surface area contributed by atoms with E-state index in [1.54, 1.807) is 0 Å². The number of imidazole rings is 1. The van der Waals surface area contributed by atoms with Crippen LogP contribution in [0.3, 0.4) is 0 Å². The average molecular weight is 253 g/mol. The van der Waals surface area contributed by atoms with Gasteiger partial charge < -0.3 is 4.98 Å². The van der Waals surface area contributed by atoms with Crippen molar-refractivity contribution in [2.75, 3.05) is 0 Å². The molecular weight excluding hydrogens is 240 g/mol. The van der Waals surface area contributed by atoms with E-state index < -0.39 is 0 Å². The molecule has 0 aliphatic heterocycles. The summed E-state index contributed by atoms with van der Waals surface area (Å²) in [4.78, 5) is 7.89. The van der Waals surface area contributed by atoms with Gasteiger partial charge in [0.15, 0.2) is 0 Å². The highest BCUT2D eigenvalue weighted by Gasteiger charge is 2.17. The third kappa shape index (κ3) is 1.69. The lowest BCUT2D eigenvalue weighted by atomic mass is 9.96. The number of hydrogen-bond acceptors (Lipinski definition) is 1. The zero-order chi connectivity index (χ0) is 10.3. The Morgan fingerprint density at radius 1 is 1.29 bits per heavy atom. The molecule has 0 amide bonds. The Morgan fingerprint density at radius 3 is 2.64 bits per heavy atom. The average Bonchev–Trinajstić information content (AvgIpc) is 2.45. The van der Waals surface area contributed by atoms with Crippen LogP contribution in [-0.4, -0.2) is 9.97 Å². The molecule has 0 aliphatic carbocycles. The maximum absolute atomic E-state index is 4.56. The highest BCUT2D eigenvalue weighted by molar-refractivity contribution is 9.10. The van der Waals surface area contributed by atoms with Gasteiger partial charge in [0.25, 0.3) is 0 Å². The van der Waals surface area contributed by atoms with Crippen LogP contribution in [0.1, 0.15) is 26.6 Å². The molecule has 0 fully saturated rings. The van der Waals surface area contributed by atoms with Crippen molar-refractivity contribution in [1.29, 1.82) is 0 Å². The minimum Gasteiger partial charge on any atom is -0.342 e. The summed E-state index contributed by atoms with van der Waals surface area (Å²) >= 11 is 3.44. The zero-order valence-corrected chi connectivity index (χ0v) is 10.1. The van der Waals surface area contributed by atoms with Crippen molar-refractivity contribution in [3.05, 3.63) is 28.5 Å². The van der Waals surface area contributed by atoms with Gasteiger partial charge in [-0.3, -0.25) is 0 Å². The Hall–Kier alpha value is -0.830. The highest BCUT2D eigenvalue weighted by atomic mass is 79.9. The first-order chi connectivity index (χ1) is 6.47. The molecule has 3 heteroatoms. The third-order valence-corrected chi connectivity index (χ3v) is 2.65. The summed E-state index contributed by atoms with van der Waals surface area (Å²) < 4.78 is 1.07. The molecule has 0 bridgehead atoms. The molecule has 0 unspecified atom stereocenters. The molecule has 74 valence electrons. The summed E-state index contributed by atoms with van der Waals surface area (Å²) in [6.45, 7) is 6.46. The predicted molar refractivity (Wildman–Crippen MR) is 62.5 cm³/mol. The first-order valence-corrected chi connectivity index (χ1v) is 5.42. The van der Waals surface area contributed by atoms with E-state index in [-0.39, 0.29) is 5.41 Å². The van der Waals surface area contributed by atoms with Crippen molar-refractivity contribution in [3.8, 4) is 0 Å². The second-order valence-corrected chi connectivity index (χ2v) is 5.41. The van der Waals surface area contributed by atoms with Crippen LogP contribution in [0.15, 0.2) is 22.7 Å². The smallest absolute Gasteiger partial charge is 0.112 e. The highest BCUT2D eigenvalue weighted by Crippen LogP contribution is 2.24. The van der Waals surface area contributed by atoms with Gasteiger partial charge in [-0.05, 0) is 18.2 Å². The van der Waals surface area contributed by atoms with Gasteiger partial charge in [0.1, 0.15) is 5.82 Å². The fourth-order valence-corrected chi connectivity index (χ4v) is 1.68. The summed E-state index contributed by atoms with van der Waals surface area (Å²) in [5.41, 5.74) is 2.19. The fraction of sp³-hybridized carbons (Fsp3) is 0.364. The van der Waals surface area contributed by atoms with Crippen LogP contribution in [0, 0.1) is 0 Å². The molecule has 1 N–H and O–H groups in total. The molecule has 1 heterocycles. The minimum atomic E-state index is 0.0749. The SMILES string of the molecule is CC(C)(C)c1nc2cc(Br)ccc2[nH]1. The summed E-state index contributed by atoms with van der Waals surface area (Å²) in [6, 6.07) is 6.09. The summed E-state index contributed by atoms with van der Waals surface area (Å²) in [5, 5.41) is 0. The van der Waals surface area contributed by atoms with Crippen molar-refractivity contribution in [1.82, 2.24) is 9.97 Å². The molecule has 2 rings (SSSR count). The van der Waals surface area contributed by atoms with Gasteiger partial charge in [0.05, 0.1) is 11.0 Å². The predicted octanol–water partition coefficient (Wildman–Crippen LogP) is 3.62. The van der Waals surface area contributed by atoms with Gasteiger partial charge in [-0.15, -0.1) is 0 Å². The molecule has 14 heavy (non-hydrogen) atoms. The van der Waals surface area contributed by atoms with E-state index in [0.29, 0.717) is 0 Å². The first-order valence-electron chi connectivity index (χ1n) is 4.62. The lowest BCUT2D eigenvalue weighted by molar-refractivity contribution is 0.554. The van der Waals surface area contributed by atoms with Gasteiger partial charge in [-0.25, -0.2) is 4.98 Å². The number of H-pyrrole nitrogens is 1. The third-order valence-electron chi connectivity index (χ3n) is 2.16. The molecule has 0 spiro atoms. The van der Waals surface area contributed by atoms with Crippen LogP contribution in [0.25, 0.3) is 11.0 Å². The summed E-state index contributed by atoms with van der Waals surface area (Å²) in [5.74, 6) is 1.03. The molecule has 0 saturated heterocycles. The van der Waals surface area contributed by atoms with Crippen molar-refractivity contribution >= 4 is 27.0 Å². The molecule has 1 aromatic heterocycles. The number of benzene rings is 1. The second kappa shape index (κ2) is 3.09. The van der Waals surface area contributed by atoms with E-state index in [2.05, 4.69) is 46.7 Å². The first kappa shape index (κ1) is 9.71. The Labute approximate surface area is 91.9 Å². The maximum atomic E-state index is 4.56. The Bertz CT molecular complexity index is 466. The van der Waals surface area contributed by atoms with Crippen LogP contribution in [0.2, 0.25) is 0 Å². The number of halogens is 1. The quantitative estimate of drug-likeness (QED) is 0.763. The molecule has 0 atom stereocenters. The maximum Gasteiger partial charge on any atom is 0.112 e. The van der Waals surface area contributed by atoms with Gasteiger partial charge in [0.2, 0.25) is 0 Å². The lowest BCUT2D eigenvalue weighted by Crippen LogP contribution is -2.12. The van der Waals surface area contributed by atoms with Crippen LogP contribution in [-0.2, 0) is 5.41 Å². The van der Waals surface area contributed by atoms with Gasteiger partial charge >= 0.3 is 0 Å². The van der Waals surface area contributed by atoms with Crippen LogP contribution >= 0.6 is 15.9 Å². The van der Waals surface area contributed by atoms with Crippen molar-refractivity contribution in [2.45, 2.75) is 26.2 Å². The van der Waals surface area contributed by atoms with Crippen LogP contribution in [0.4, 0.5) is 0 Å². The van der Waals surface area contributed by atoms with E-state index in [1.165, 1.54) is 0 Å². The number of nitrogens with one attached hydrogen (secondary N) is 1. The zero-order valence-electron chi connectivity index (χ0n) is 8.56. The number of nitrogens with zero attached hydrogens (tertiary/aromatic N) is 1. The number of aromatic amines is 1. The topological polar surface area (TPSA) is 28.7 Å². The number of aromatic nitrogens is 2. The van der Waals surface area contributed by atoms with Crippen molar-refractivity contribution in [2.24, 2.45) is 0 Å².